The van der Waals surface area contributed by atoms with E-state index in [9.17, 15) is 4.39 Å². The predicted octanol–water partition coefficient (Wildman–Crippen LogP) is 3.78. The Hall–Kier alpha value is -2.79. The zero-order chi connectivity index (χ0) is 19.0. The lowest BCUT2D eigenvalue weighted by Gasteiger charge is -2.26. The first-order chi connectivity index (χ1) is 13.7. The molecule has 0 bridgehead atoms. The van der Waals surface area contributed by atoms with Crippen molar-refractivity contribution in [3.05, 3.63) is 89.8 Å². The van der Waals surface area contributed by atoms with Gasteiger partial charge in [0.05, 0.1) is 11.4 Å². The van der Waals surface area contributed by atoms with E-state index in [0.717, 1.165) is 44.7 Å². The van der Waals surface area contributed by atoms with Crippen LogP contribution in [0.5, 0.6) is 0 Å². The summed E-state index contributed by atoms with van der Waals surface area (Å²) in [6.07, 6.45) is 6.77. The summed E-state index contributed by atoms with van der Waals surface area (Å²) in [5.74, 6) is -0.179. The van der Waals surface area contributed by atoms with Crippen LogP contribution in [0.25, 0.3) is 0 Å². The third-order valence-corrected chi connectivity index (χ3v) is 5.97. The van der Waals surface area contributed by atoms with Crippen molar-refractivity contribution in [2.75, 3.05) is 24.5 Å². The average molecular weight is 374 g/mol. The van der Waals surface area contributed by atoms with E-state index in [1.54, 1.807) is 12.1 Å². The van der Waals surface area contributed by atoms with Gasteiger partial charge >= 0.3 is 0 Å². The monoisotopic (exact) mass is 374 g/mol. The summed E-state index contributed by atoms with van der Waals surface area (Å²) in [7, 11) is 0. The fourth-order valence-electron chi connectivity index (χ4n) is 4.70. The van der Waals surface area contributed by atoms with E-state index >= 15 is 0 Å². The Morgan fingerprint density at radius 1 is 0.929 bits per heavy atom. The van der Waals surface area contributed by atoms with Crippen molar-refractivity contribution in [3.63, 3.8) is 0 Å². The Morgan fingerprint density at radius 3 is 2.61 bits per heavy atom. The highest BCUT2D eigenvalue weighted by atomic mass is 19.1. The smallest absolute Gasteiger partial charge is 0.123 e. The van der Waals surface area contributed by atoms with E-state index in [-0.39, 0.29) is 11.2 Å². The molecule has 142 valence electrons. The van der Waals surface area contributed by atoms with Gasteiger partial charge in [-0.2, -0.15) is 0 Å². The molecule has 0 aliphatic carbocycles. The van der Waals surface area contributed by atoms with Crippen LogP contribution < -0.4 is 4.90 Å². The summed E-state index contributed by atoms with van der Waals surface area (Å²) < 4.78 is 13.2. The first-order valence-corrected chi connectivity index (χ1v) is 9.78. The van der Waals surface area contributed by atoms with Gasteiger partial charge in [-0.1, -0.05) is 18.2 Å². The molecule has 0 amide bonds. The van der Waals surface area contributed by atoms with Crippen LogP contribution in [-0.4, -0.2) is 34.5 Å². The van der Waals surface area contributed by atoms with Crippen LogP contribution in [0.3, 0.4) is 0 Å². The Kier molecular flexibility index (Phi) is 4.32. The number of pyridine rings is 2. The predicted molar refractivity (Wildman–Crippen MR) is 107 cm³/mol. The number of hydrogen-bond donors (Lipinski definition) is 0. The SMILES string of the molecule is Fc1ccc(CN2CCC3(C2)CN(Cc2cccnc2)c2cccnc23)cc1. The number of fused-ring (bicyclic) bond motifs is 2. The van der Waals surface area contributed by atoms with Gasteiger partial charge < -0.3 is 4.90 Å². The van der Waals surface area contributed by atoms with Crippen LogP contribution >= 0.6 is 0 Å². The molecular formula is C23H23FN4. The van der Waals surface area contributed by atoms with E-state index in [1.165, 1.54) is 16.9 Å². The van der Waals surface area contributed by atoms with Crippen LogP contribution in [0.4, 0.5) is 10.1 Å². The van der Waals surface area contributed by atoms with Crippen molar-refractivity contribution in [1.29, 1.82) is 0 Å². The highest BCUT2D eigenvalue weighted by Crippen LogP contribution is 2.45. The van der Waals surface area contributed by atoms with Crippen molar-refractivity contribution in [2.45, 2.75) is 24.9 Å². The molecule has 3 aromatic rings. The zero-order valence-corrected chi connectivity index (χ0v) is 15.8. The van der Waals surface area contributed by atoms with Crippen LogP contribution in [0.2, 0.25) is 0 Å². The molecule has 0 radical (unpaired) electrons. The van der Waals surface area contributed by atoms with Crippen molar-refractivity contribution in [2.24, 2.45) is 0 Å². The highest BCUT2D eigenvalue weighted by Gasteiger charge is 2.48. The van der Waals surface area contributed by atoms with Crippen molar-refractivity contribution in [3.8, 4) is 0 Å². The summed E-state index contributed by atoms with van der Waals surface area (Å²) in [5, 5.41) is 0. The minimum atomic E-state index is -0.179. The summed E-state index contributed by atoms with van der Waals surface area (Å²) in [5.41, 5.74) is 4.91. The molecule has 0 N–H and O–H groups in total. The normalized spacial score (nSPS) is 21.4. The Morgan fingerprint density at radius 2 is 1.79 bits per heavy atom. The van der Waals surface area contributed by atoms with Gasteiger partial charge in [0.15, 0.2) is 0 Å². The van der Waals surface area contributed by atoms with Gasteiger partial charge in [0.1, 0.15) is 5.82 Å². The third kappa shape index (κ3) is 3.16. The van der Waals surface area contributed by atoms with Crippen LogP contribution in [-0.2, 0) is 18.5 Å². The van der Waals surface area contributed by atoms with Crippen molar-refractivity contribution < 1.29 is 4.39 Å². The van der Waals surface area contributed by atoms with Crippen molar-refractivity contribution >= 4 is 5.69 Å². The zero-order valence-electron chi connectivity index (χ0n) is 15.8. The van der Waals surface area contributed by atoms with Gasteiger partial charge in [0.25, 0.3) is 0 Å². The van der Waals surface area contributed by atoms with Gasteiger partial charge in [0.2, 0.25) is 0 Å². The largest absolute Gasteiger partial charge is 0.365 e. The summed E-state index contributed by atoms with van der Waals surface area (Å²) in [6, 6.07) is 15.2. The molecular weight excluding hydrogens is 351 g/mol. The lowest BCUT2D eigenvalue weighted by Crippen LogP contribution is -2.36. The molecule has 1 fully saturated rings. The first kappa shape index (κ1) is 17.3. The topological polar surface area (TPSA) is 32.3 Å². The second kappa shape index (κ2) is 6.99. The van der Waals surface area contributed by atoms with Gasteiger partial charge in [-0.05, 0) is 54.4 Å². The van der Waals surface area contributed by atoms with E-state index in [4.69, 9.17) is 4.98 Å². The fraction of sp³-hybridized carbons (Fsp3) is 0.304. The number of benzene rings is 1. The second-order valence-electron chi connectivity index (χ2n) is 7.96. The van der Waals surface area contributed by atoms with Gasteiger partial charge in [-0.3, -0.25) is 14.9 Å². The summed E-state index contributed by atoms with van der Waals surface area (Å²) >= 11 is 0. The molecule has 2 aromatic heterocycles. The fourth-order valence-corrected chi connectivity index (χ4v) is 4.70. The molecule has 5 heteroatoms. The molecule has 1 saturated heterocycles. The first-order valence-electron chi connectivity index (χ1n) is 9.78. The van der Waals surface area contributed by atoms with Crippen LogP contribution in [0, 0.1) is 5.82 Å². The molecule has 1 atom stereocenters. The molecule has 0 saturated carbocycles. The molecule has 1 unspecified atom stereocenters. The third-order valence-electron chi connectivity index (χ3n) is 5.97. The van der Waals surface area contributed by atoms with E-state index < -0.39 is 0 Å². The lowest BCUT2D eigenvalue weighted by atomic mass is 9.85. The summed E-state index contributed by atoms with van der Waals surface area (Å²) in [4.78, 5) is 14.0. The number of rotatable bonds is 4. The van der Waals surface area contributed by atoms with Gasteiger partial charge in [-0.25, -0.2) is 4.39 Å². The molecule has 1 spiro atoms. The van der Waals surface area contributed by atoms with E-state index in [1.807, 2.05) is 42.9 Å². The molecule has 2 aliphatic rings. The van der Waals surface area contributed by atoms with Gasteiger partial charge in [0, 0.05) is 50.2 Å². The minimum Gasteiger partial charge on any atom is -0.365 e. The number of aromatic nitrogens is 2. The standard InChI is InChI=1S/C23H23FN4/c24-20-7-5-18(6-8-20)14-27-12-9-23(16-27)17-28(15-19-3-1-10-25-13-19)21-4-2-11-26-22(21)23/h1-8,10-11,13H,9,12,14-17H2. The second-order valence-corrected chi connectivity index (χ2v) is 7.96. The van der Waals surface area contributed by atoms with Crippen molar-refractivity contribution in [1.82, 2.24) is 14.9 Å². The van der Waals surface area contributed by atoms with Crippen LogP contribution in [0.15, 0.2) is 67.1 Å². The maximum Gasteiger partial charge on any atom is 0.123 e. The van der Waals surface area contributed by atoms with E-state index in [0.29, 0.717) is 0 Å². The number of hydrogen-bond acceptors (Lipinski definition) is 4. The van der Waals surface area contributed by atoms with Crippen LogP contribution in [0.1, 0.15) is 23.2 Å². The molecule has 5 rings (SSSR count). The number of anilines is 1. The lowest BCUT2D eigenvalue weighted by molar-refractivity contribution is 0.305. The van der Waals surface area contributed by atoms with E-state index in [2.05, 4.69) is 26.9 Å². The summed E-state index contributed by atoms with van der Waals surface area (Å²) in [6.45, 7) is 4.71. The molecule has 1 aromatic carbocycles. The maximum absolute atomic E-state index is 13.2. The maximum atomic E-state index is 13.2. The molecule has 4 nitrogen and oxygen atoms in total. The number of halogens is 1. The number of nitrogens with zero attached hydrogens (tertiary/aromatic N) is 4. The Balaban J connectivity index is 1.37. The Labute approximate surface area is 164 Å². The highest BCUT2D eigenvalue weighted by molar-refractivity contribution is 5.60. The quantitative estimate of drug-likeness (QED) is 0.696. The minimum absolute atomic E-state index is 0.0683. The molecule has 4 heterocycles. The Bertz CT molecular complexity index is 960. The number of likely N-dealkylation sites (tertiary alicyclic amines) is 1. The average Bonchev–Trinajstić information content (AvgIpc) is 3.26. The molecule has 28 heavy (non-hydrogen) atoms. The molecule has 2 aliphatic heterocycles. The van der Waals surface area contributed by atoms with Gasteiger partial charge in [-0.15, -0.1) is 0 Å².